The van der Waals surface area contributed by atoms with Crippen molar-refractivity contribution >= 4 is 5.97 Å². The van der Waals surface area contributed by atoms with Gasteiger partial charge in [0.05, 0.1) is 13.2 Å². The van der Waals surface area contributed by atoms with Crippen LogP contribution in [0.1, 0.15) is 36.5 Å². The van der Waals surface area contributed by atoms with E-state index in [4.69, 9.17) is 0 Å². The minimum atomic E-state index is -0.361. The molecule has 1 aromatic rings. The van der Waals surface area contributed by atoms with Gasteiger partial charge in [0.15, 0.2) is 0 Å². The quantitative estimate of drug-likeness (QED) is 0.700. The lowest BCUT2D eigenvalue weighted by Crippen LogP contribution is -2.59. The fraction of sp³-hybridized carbons (Fsp3) is 0.615. The molecule has 2 unspecified atom stereocenters. The number of esters is 1. The second kappa shape index (κ2) is 4.74. The van der Waals surface area contributed by atoms with E-state index in [1.54, 1.807) is 6.07 Å². The van der Waals surface area contributed by atoms with E-state index in [1.807, 2.05) is 19.9 Å². The molecule has 5 nitrogen and oxygen atoms in total. The Kier molecular flexibility index (Phi) is 3.45. The van der Waals surface area contributed by atoms with Crippen molar-refractivity contribution in [3.05, 3.63) is 23.5 Å². The van der Waals surface area contributed by atoms with Crippen LogP contribution >= 0.6 is 0 Å². The van der Waals surface area contributed by atoms with Crippen molar-refractivity contribution in [3.8, 4) is 0 Å². The average molecular weight is 252 g/mol. The van der Waals surface area contributed by atoms with Crippen molar-refractivity contribution in [2.45, 2.75) is 39.0 Å². The van der Waals surface area contributed by atoms with Gasteiger partial charge < -0.3 is 20.1 Å². The van der Waals surface area contributed by atoms with Gasteiger partial charge in [-0.1, -0.05) is 13.8 Å². The van der Waals surface area contributed by atoms with Crippen LogP contribution in [0.5, 0.6) is 0 Å². The number of nitrogens with one attached hydrogen (secondary N) is 2. The van der Waals surface area contributed by atoms with Gasteiger partial charge in [-0.15, -0.1) is 0 Å². The predicted octanol–water partition coefficient (Wildman–Crippen LogP) is 1.05. The van der Waals surface area contributed by atoms with Gasteiger partial charge in [0.1, 0.15) is 5.69 Å². The SMILES string of the molecule is COC(=O)c1ccc(CNC2CC(O)C2(C)C)[nH]1. The molecule has 1 fully saturated rings. The molecule has 1 aliphatic carbocycles. The third kappa shape index (κ3) is 2.28. The molecule has 0 bridgehead atoms. The number of aromatic nitrogens is 1. The molecule has 0 amide bonds. The maximum Gasteiger partial charge on any atom is 0.354 e. The fourth-order valence-corrected chi connectivity index (χ4v) is 2.25. The van der Waals surface area contributed by atoms with Gasteiger partial charge in [0.25, 0.3) is 0 Å². The van der Waals surface area contributed by atoms with E-state index in [-0.39, 0.29) is 17.5 Å². The van der Waals surface area contributed by atoms with Crippen molar-refractivity contribution < 1.29 is 14.6 Å². The highest BCUT2D eigenvalue weighted by Gasteiger charge is 2.46. The number of methoxy groups -OCH3 is 1. The van der Waals surface area contributed by atoms with Crippen LogP contribution in [0.2, 0.25) is 0 Å². The average Bonchev–Trinajstić information content (AvgIpc) is 2.82. The Bertz CT molecular complexity index is 439. The second-order valence-corrected chi connectivity index (χ2v) is 5.40. The Morgan fingerprint density at radius 1 is 1.61 bits per heavy atom. The number of aromatic amines is 1. The molecule has 1 saturated carbocycles. The Hall–Kier alpha value is -1.33. The molecule has 0 saturated heterocycles. The van der Waals surface area contributed by atoms with E-state index in [2.05, 4.69) is 15.0 Å². The summed E-state index contributed by atoms with van der Waals surface area (Å²) in [6.45, 7) is 4.75. The molecule has 3 N–H and O–H groups in total. The number of H-pyrrole nitrogens is 1. The maximum absolute atomic E-state index is 11.3. The van der Waals surface area contributed by atoms with Crippen LogP contribution in [-0.4, -0.2) is 35.3 Å². The molecule has 5 heteroatoms. The van der Waals surface area contributed by atoms with Crippen molar-refractivity contribution in [2.24, 2.45) is 5.41 Å². The van der Waals surface area contributed by atoms with Gasteiger partial charge in [-0.25, -0.2) is 4.79 Å². The standard InChI is InChI=1S/C13H20N2O3/c1-13(2)10(6-11(13)16)14-7-8-4-5-9(15-8)12(17)18-3/h4-5,10-11,14-16H,6-7H2,1-3H3. The van der Waals surface area contributed by atoms with E-state index >= 15 is 0 Å². The number of aliphatic hydroxyl groups excluding tert-OH is 1. The normalized spacial score (nSPS) is 25.6. The minimum Gasteiger partial charge on any atom is -0.464 e. The lowest BCUT2D eigenvalue weighted by molar-refractivity contribution is -0.0730. The van der Waals surface area contributed by atoms with Gasteiger partial charge in [-0.2, -0.15) is 0 Å². The second-order valence-electron chi connectivity index (χ2n) is 5.40. The van der Waals surface area contributed by atoms with Gasteiger partial charge in [0.2, 0.25) is 0 Å². The summed E-state index contributed by atoms with van der Waals surface area (Å²) in [4.78, 5) is 14.3. The zero-order chi connectivity index (χ0) is 13.3. The highest BCUT2D eigenvalue weighted by Crippen LogP contribution is 2.40. The molecule has 0 aromatic carbocycles. The summed E-state index contributed by atoms with van der Waals surface area (Å²) in [5.74, 6) is -0.361. The number of aliphatic hydroxyl groups is 1. The van der Waals surface area contributed by atoms with Gasteiger partial charge in [0, 0.05) is 23.7 Å². The topological polar surface area (TPSA) is 74.3 Å². The highest BCUT2D eigenvalue weighted by molar-refractivity contribution is 5.87. The van der Waals surface area contributed by atoms with E-state index in [9.17, 15) is 9.90 Å². The van der Waals surface area contributed by atoms with E-state index in [0.29, 0.717) is 18.3 Å². The first-order chi connectivity index (χ1) is 8.45. The van der Waals surface area contributed by atoms with Crippen molar-refractivity contribution in [3.63, 3.8) is 0 Å². The number of hydrogen-bond donors (Lipinski definition) is 3. The molecule has 1 aliphatic rings. The molecule has 0 aliphatic heterocycles. The summed E-state index contributed by atoms with van der Waals surface area (Å²) in [5.41, 5.74) is 1.31. The van der Waals surface area contributed by atoms with E-state index in [1.165, 1.54) is 7.11 Å². The lowest BCUT2D eigenvalue weighted by Gasteiger charge is -2.49. The number of rotatable bonds is 4. The van der Waals surface area contributed by atoms with Crippen molar-refractivity contribution in [1.29, 1.82) is 0 Å². The first kappa shape index (κ1) is 13.1. The molecular formula is C13H20N2O3. The third-order valence-electron chi connectivity index (χ3n) is 3.91. The summed E-state index contributed by atoms with van der Waals surface area (Å²) in [5, 5.41) is 13.0. The zero-order valence-corrected chi connectivity index (χ0v) is 11.0. The minimum absolute atomic E-state index is 0.0855. The molecule has 18 heavy (non-hydrogen) atoms. The predicted molar refractivity (Wildman–Crippen MR) is 67.2 cm³/mol. The van der Waals surface area contributed by atoms with Gasteiger partial charge in [-0.3, -0.25) is 0 Å². The van der Waals surface area contributed by atoms with Crippen LogP contribution in [-0.2, 0) is 11.3 Å². The molecule has 2 atom stereocenters. The largest absolute Gasteiger partial charge is 0.464 e. The van der Waals surface area contributed by atoms with E-state index < -0.39 is 0 Å². The summed E-state index contributed by atoms with van der Waals surface area (Å²) in [7, 11) is 1.36. The van der Waals surface area contributed by atoms with Crippen molar-refractivity contribution in [2.75, 3.05) is 7.11 Å². The number of carbonyl (C=O) groups excluding carboxylic acids is 1. The molecule has 2 rings (SSSR count). The van der Waals surface area contributed by atoms with Crippen LogP contribution in [0.3, 0.4) is 0 Å². The monoisotopic (exact) mass is 252 g/mol. The number of hydrogen-bond acceptors (Lipinski definition) is 4. The van der Waals surface area contributed by atoms with Crippen LogP contribution < -0.4 is 5.32 Å². The molecule has 0 spiro atoms. The highest BCUT2D eigenvalue weighted by atomic mass is 16.5. The first-order valence-electron chi connectivity index (χ1n) is 6.13. The van der Waals surface area contributed by atoms with Gasteiger partial charge in [-0.05, 0) is 18.6 Å². The summed E-state index contributed by atoms with van der Waals surface area (Å²) in [6, 6.07) is 3.88. The fourth-order valence-electron chi connectivity index (χ4n) is 2.25. The molecule has 1 aromatic heterocycles. The van der Waals surface area contributed by atoms with E-state index in [0.717, 1.165) is 12.1 Å². The third-order valence-corrected chi connectivity index (χ3v) is 3.91. The van der Waals surface area contributed by atoms with Crippen LogP contribution in [0, 0.1) is 5.41 Å². The summed E-state index contributed by atoms with van der Waals surface area (Å²) in [6.07, 6.45) is 0.543. The molecular weight excluding hydrogens is 232 g/mol. The Balaban J connectivity index is 1.88. The van der Waals surface area contributed by atoms with Gasteiger partial charge >= 0.3 is 5.97 Å². The Labute approximate surface area is 107 Å². The lowest BCUT2D eigenvalue weighted by atomic mass is 9.64. The van der Waals surface area contributed by atoms with Crippen LogP contribution in [0.4, 0.5) is 0 Å². The molecule has 100 valence electrons. The Morgan fingerprint density at radius 3 is 2.89 bits per heavy atom. The molecule has 1 heterocycles. The van der Waals surface area contributed by atoms with Crippen LogP contribution in [0.25, 0.3) is 0 Å². The van der Waals surface area contributed by atoms with Crippen molar-refractivity contribution in [1.82, 2.24) is 10.3 Å². The summed E-state index contributed by atoms with van der Waals surface area (Å²) >= 11 is 0. The number of carbonyl (C=O) groups is 1. The molecule has 0 radical (unpaired) electrons. The number of ether oxygens (including phenoxy) is 1. The first-order valence-corrected chi connectivity index (χ1v) is 6.13. The Morgan fingerprint density at radius 2 is 2.33 bits per heavy atom. The zero-order valence-electron chi connectivity index (χ0n) is 11.0. The smallest absolute Gasteiger partial charge is 0.354 e. The van der Waals surface area contributed by atoms with Crippen LogP contribution in [0.15, 0.2) is 12.1 Å². The maximum atomic E-state index is 11.3. The summed E-state index contributed by atoms with van der Waals surface area (Å²) < 4.78 is 4.63.